The summed E-state index contributed by atoms with van der Waals surface area (Å²) in [6, 6.07) is 0. The molecule has 0 N–H and O–H groups in total. The zero-order valence-electron chi connectivity index (χ0n) is 11.6. The molecule has 0 radical (unpaired) electrons. The highest BCUT2D eigenvalue weighted by molar-refractivity contribution is 5.87. The van der Waals surface area contributed by atoms with E-state index in [-0.39, 0.29) is 11.9 Å². The maximum absolute atomic E-state index is 10.7. The smallest absolute Gasteiger partial charge is 0.333 e. The van der Waals surface area contributed by atoms with Gasteiger partial charge in [0, 0.05) is 17.8 Å². The summed E-state index contributed by atoms with van der Waals surface area (Å²) in [5, 5.41) is 0. The van der Waals surface area contributed by atoms with E-state index in [1.54, 1.807) is 13.8 Å². The summed E-state index contributed by atoms with van der Waals surface area (Å²) < 4.78 is 14.0. The van der Waals surface area contributed by atoms with Crippen LogP contribution >= 0.6 is 0 Å². The van der Waals surface area contributed by atoms with Gasteiger partial charge in [-0.1, -0.05) is 13.2 Å². The third-order valence-electron chi connectivity index (χ3n) is 1.55. The molecule has 0 aromatic carbocycles. The van der Waals surface area contributed by atoms with Crippen molar-refractivity contribution in [2.24, 2.45) is 0 Å². The predicted molar refractivity (Wildman–Crippen MR) is 69.1 cm³/mol. The first-order chi connectivity index (χ1) is 8.36. The molecule has 0 saturated heterocycles. The second-order valence-corrected chi connectivity index (χ2v) is 3.39. The van der Waals surface area contributed by atoms with E-state index in [4.69, 9.17) is 9.47 Å². The zero-order valence-corrected chi connectivity index (χ0v) is 11.6. The Morgan fingerprint density at radius 2 is 1.50 bits per heavy atom. The number of methoxy groups -OCH3 is 1. The predicted octanol–water partition coefficient (Wildman–Crippen LogP) is 1.88. The van der Waals surface area contributed by atoms with E-state index in [1.807, 2.05) is 6.92 Å². The fourth-order valence-electron chi connectivity index (χ4n) is 0.635. The van der Waals surface area contributed by atoms with Crippen LogP contribution in [0.15, 0.2) is 24.3 Å². The molecule has 0 rings (SSSR count). The lowest BCUT2D eigenvalue weighted by Gasteiger charge is -2.03. The molecule has 0 unspecified atom stereocenters. The Balaban J connectivity index is 0. The van der Waals surface area contributed by atoms with Crippen molar-refractivity contribution in [3.63, 3.8) is 0 Å². The summed E-state index contributed by atoms with van der Waals surface area (Å²) >= 11 is 0. The summed E-state index contributed by atoms with van der Waals surface area (Å²) in [7, 11) is 1.33. The van der Waals surface area contributed by atoms with Crippen LogP contribution in [0.1, 0.15) is 20.8 Å². The second-order valence-electron chi connectivity index (χ2n) is 3.39. The van der Waals surface area contributed by atoms with Crippen molar-refractivity contribution in [1.29, 1.82) is 0 Å². The number of carbonyl (C=O) groups excluding carboxylic acids is 2. The standard InChI is InChI=1S/C8H14O3.C5H8O2/c1-4-10-5-6-11-8(9)7(2)3;1-4(2)5(6)7-3/h2,4-6H2,1,3H3;1H2,2-3H3. The molecule has 0 aliphatic heterocycles. The van der Waals surface area contributed by atoms with Crippen LogP contribution in [0.4, 0.5) is 0 Å². The highest BCUT2D eigenvalue weighted by Gasteiger charge is 2.00. The van der Waals surface area contributed by atoms with Crippen molar-refractivity contribution in [2.45, 2.75) is 20.8 Å². The summed E-state index contributed by atoms with van der Waals surface area (Å²) in [6.07, 6.45) is 0. The number of hydrogen-bond donors (Lipinski definition) is 0. The van der Waals surface area contributed by atoms with Gasteiger partial charge in [0.25, 0.3) is 0 Å². The van der Waals surface area contributed by atoms with Crippen LogP contribution in [0.3, 0.4) is 0 Å². The monoisotopic (exact) mass is 258 g/mol. The van der Waals surface area contributed by atoms with Crippen molar-refractivity contribution in [2.75, 3.05) is 26.9 Å². The van der Waals surface area contributed by atoms with E-state index >= 15 is 0 Å². The van der Waals surface area contributed by atoms with Crippen LogP contribution in [-0.4, -0.2) is 38.9 Å². The Morgan fingerprint density at radius 3 is 1.78 bits per heavy atom. The molecular formula is C13H22O5. The van der Waals surface area contributed by atoms with E-state index in [1.165, 1.54) is 7.11 Å². The molecule has 0 aliphatic rings. The van der Waals surface area contributed by atoms with Crippen LogP contribution in [0.5, 0.6) is 0 Å². The van der Waals surface area contributed by atoms with Crippen LogP contribution in [0.2, 0.25) is 0 Å². The Bertz CT molecular complexity index is 294. The Labute approximate surface area is 108 Å². The molecule has 0 aromatic heterocycles. The molecule has 0 amide bonds. The SMILES string of the molecule is C=C(C)C(=O)OC.C=C(C)C(=O)OCCOCC. The summed E-state index contributed by atoms with van der Waals surface area (Å²) in [5.41, 5.74) is 0.851. The minimum absolute atomic E-state index is 0.305. The zero-order chi connectivity index (χ0) is 14.6. The maximum atomic E-state index is 10.7. The van der Waals surface area contributed by atoms with Crippen LogP contribution < -0.4 is 0 Å². The lowest BCUT2D eigenvalue weighted by molar-refractivity contribution is -0.140. The maximum Gasteiger partial charge on any atom is 0.333 e. The Hall–Kier alpha value is -1.62. The lowest BCUT2D eigenvalue weighted by Crippen LogP contribution is -2.10. The molecule has 0 spiro atoms. The van der Waals surface area contributed by atoms with Crippen molar-refractivity contribution < 1.29 is 23.8 Å². The first kappa shape index (κ1) is 18.7. The lowest BCUT2D eigenvalue weighted by atomic mass is 10.4. The number of carbonyl (C=O) groups is 2. The molecule has 0 aliphatic carbocycles. The van der Waals surface area contributed by atoms with E-state index in [2.05, 4.69) is 17.9 Å². The van der Waals surface area contributed by atoms with Crippen LogP contribution in [0.25, 0.3) is 0 Å². The number of hydrogen-bond acceptors (Lipinski definition) is 5. The third kappa shape index (κ3) is 12.4. The fourth-order valence-corrected chi connectivity index (χ4v) is 0.635. The van der Waals surface area contributed by atoms with Crippen LogP contribution in [-0.2, 0) is 23.8 Å². The molecule has 0 fully saturated rings. The van der Waals surface area contributed by atoms with Crippen molar-refractivity contribution in [1.82, 2.24) is 0 Å². The fraction of sp³-hybridized carbons (Fsp3) is 0.538. The number of rotatable bonds is 6. The Kier molecular flexibility index (Phi) is 12.3. The Morgan fingerprint density at radius 1 is 1.00 bits per heavy atom. The van der Waals surface area contributed by atoms with Gasteiger partial charge in [-0.3, -0.25) is 0 Å². The molecule has 104 valence electrons. The summed E-state index contributed by atoms with van der Waals surface area (Å²) in [5.74, 6) is -0.704. The second kappa shape index (κ2) is 11.9. The van der Waals surface area contributed by atoms with Gasteiger partial charge in [0.2, 0.25) is 0 Å². The molecule has 5 heteroatoms. The minimum Gasteiger partial charge on any atom is -0.466 e. The van der Waals surface area contributed by atoms with Gasteiger partial charge in [-0.25, -0.2) is 9.59 Å². The molecule has 0 aromatic rings. The van der Waals surface area contributed by atoms with Gasteiger partial charge < -0.3 is 14.2 Å². The summed E-state index contributed by atoms with van der Waals surface area (Å²) in [6.45, 7) is 13.3. The molecule has 0 bridgehead atoms. The average Bonchev–Trinajstić information content (AvgIpc) is 2.33. The highest BCUT2D eigenvalue weighted by Crippen LogP contribution is 1.91. The van der Waals surface area contributed by atoms with Gasteiger partial charge in [-0.15, -0.1) is 0 Å². The van der Waals surface area contributed by atoms with E-state index in [0.717, 1.165) is 0 Å². The van der Waals surface area contributed by atoms with Gasteiger partial charge in [0.05, 0.1) is 13.7 Å². The normalized spacial score (nSPS) is 8.67. The molecule has 0 atom stereocenters. The average molecular weight is 258 g/mol. The van der Waals surface area contributed by atoms with Gasteiger partial charge in [0.15, 0.2) is 0 Å². The molecule has 18 heavy (non-hydrogen) atoms. The van der Waals surface area contributed by atoms with Gasteiger partial charge in [-0.05, 0) is 20.8 Å². The summed E-state index contributed by atoms with van der Waals surface area (Å²) in [4.78, 5) is 20.9. The third-order valence-corrected chi connectivity index (χ3v) is 1.55. The van der Waals surface area contributed by atoms with E-state index < -0.39 is 0 Å². The van der Waals surface area contributed by atoms with Crippen LogP contribution in [0, 0.1) is 0 Å². The largest absolute Gasteiger partial charge is 0.466 e. The van der Waals surface area contributed by atoms with E-state index in [0.29, 0.717) is 31.0 Å². The van der Waals surface area contributed by atoms with E-state index in [9.17, 15) is 9.59 Å². The molecule has 0 saturated carbocycles. The topological polar surface area (TPSA) is 61.8 Å². The van der Waals surface area contributed by atoms with Gasteiger partial charge in [0.1, 0.15) is 6.61 Å². The van der Waals surface area contributed by atoms with Gasteiger partial charge >= 0.3 is 11.9 Å². The van der Waals surface area contributed by atoms with Gasteiger partial charge in [-0.2, -0.15) is 0 Å². The highest BCUT2D eigenvalue weighted by atomic mass is 16.6. The van der Waals surface area contributed by atoms with Crippen molar-refractivity contribution in [3.05, 3.63) is 24.3 Å². The first-order valence-electron chi connectivity index (χ1n) is 5.50. The first-order valence-corrected chi connectivity index (χ1v) is 5.50. The minimum atomic E-state index is -0.357. The van der Waals surface area contributed by atoms with Crippen molar-refractivity contribution in [3.8, 4) is 0 Å². The molecule has 0 heterocycles. The number of ether oxygens (including phenoxy) is 3. The molecule has 5 nitrogen and oxygen atoms in total. The van der Waals surface area contributed by atoms with Crippen molar-refractivity contribution >= 4 is 11.9 Å². The molecular weight excluding hydrogens is 236 g/mol. The quantitative estimate of drug-likeness (QED) is 0.413. The number of esters is 2.